The number of aromatic nitrogens is 1. The standard InChI is InChI=1S/C18H16N2O3/c1-12(21)19-14-7-9-15(10-8-14)23-18(22)17-11-13-5-3-4-6-16(13)20(17)2/h3-11H,1-2H3,(H,19,21). The average Bonchev–Trinajstić information content (AvgIpc) is 2.86. The molecule has 5 nitrogen and oxygen atoms in total. The van der Waals surface area contributed by atoms with Gasteiger partial charge in [0.25, 0.3) is 0 Å². The largest absolute Gasteiger partial charge is 0.422 e. The molecule has 1 heterocycles. The highest BCUT2D eigenvalue weighted by molar-refractivity contribution is 5.96. The Kier molecular flexibility index (Phi) is 3.85. The molecule has 2 aromatic carbocycles. The van der Waals surface area contributed by atoms with Gasteiger partial charge in [-0.15, -0.1) is 0 Å². The van der Waals surface area contributed by atoms with Crippen molar-refractivity contribution >= 4 is 28.5 Å². The van der Waals surface area contributed by atoms with E-state index in [1.54, 1.807) is 24.3 Å². The van der Waals surface area contributed by atoms with E-state index < -0.39 is 5.97 Å². The van der Waals surface area contributed by atoms with Crippen molar-refractivity contribution in [3.63, 3.8) is 0 Å². The number of hydrogen-bond donors (Lipinski definition) is 1. The highest BCUT2D eigenvalue weighted by atomic mass is 16.5. The third-order valence-corrected chi connectivity index (χ3v) is 3.55. The zero-order chi connectivity index (χ0) is 16.4. The molecular formula is C18H16N2O3. The number of carbonyl (C=O) groups is 2. The van der Waals surface area contributed by atoms with Gasteiger partial charge in [0.2, 0.25) is 5.91 Å². The number of fused-ring (bicyclic) bond motifs is 1. The summed E-state index contributed by atoms with van der Waals surface area (Å²) in [5.41, 5.74) is 2.11. The minimum atomic E-state index is -0.420. The maximum atomic E-state index is 12.4. The van der Waals surface area contributed by atoms with Gasteiger partial charge in [0.1, 0.15) is 11.4 Å². The summed E-state index contributed by atoms with van der Waals surface area (Å²) in [5.74, 6) is -0.143. The summed E-state index contributed by atoms with van der Waals surface area (Å²) in [6, 6.07) is 16.2. The molecule has 3 aromatic rings. The van der Waals surface area contributed by atoms with Crippen LogP contribution in [0.4, 0.5) is 5.69 Å². The van der Waals surface area contributed by atoms with Gasteiger partial charge in [0, 0.05) is 30.6 Å². The lowest BCUT2D eigenvalue weighted by atomic mass is 10.2. The number of carbonyl (C=O) groups excluding carboxylic acids is 2. The molecular weight excluding hydrogens is 292 g/mol. The first-order valence-corrected chi connectivity index (χ1v) is 7.19. The van der Waals surface area contributed by atoms with Crippen molar-refractivity contribution in [3.05, 3.63) is 60.3 Å². The lowest BCUT2D eigenvalue weighted by molar-refractivity contribution is -0.114. The van der Waals surface area contributed by atoms with Crippen LogP contribution in [-0.2, 0) is 11.8 Å². The van der Waals surface area contributed by atoms with Gasteiger partial charge < -0.3 is 14.6 Å². The quantitative estimate of drug-likeness (QED) is 0.596. The summed E-state index contributed by atoms with van der Waals surface area (Å²) in [7, 11) is 1.83. The number of nitrogens with one attached hydrogen (secondary N) is 1. The van der Waals surface area contributed by atoms with Crippen molar-refractivity contribution < 1.29 is 14.3 Å². The fourth-order valence-corrected chi connectivity index (χ4v) is 2.45. The molecule has 1 N–H and O–H groups in total. The Balaban J connectivity index is 1.80. The average molecular weight is 308 g/mol. The fourth-order valence-electron chi connectivity index (χ4n) is 2.45. The first-order valence-electron chi connectivity index (χ1n) is 7.19. The number of benzene rings is 2. The number of ether oxygens (including phenoxy) is 1. The summed E-state index contributed by atoms with van der Waals surface area (Å²) in [4.78, 5) is 23.3. The van der Waals surface area contributed by atoms with E-state index in [4.69, 9.17) is 4.74 Å². The SMILES string of the molecule is CC(=O)Nc1ccc(OC(=O)c2cc3ccccc3n2C)cc1. The molecule has 5 heteroatoms. The number of para-hydroxylation sites is 1. The van der Waals surface area contributed by atoms with Crippen molar-refractivity contribution in [3.8, 4) is 5.75 Å². The second-order valence-electron chi connectivity index (χ2n) is 5.24. The predicted molar refractivity (Wildman–Crippen MR) is 88.6 cm³/mol. The smallest absolute Gasteiger partial charge is 0.360 e. The van der Waals surface area contributed by atoms with E-state index >= 15 is 0 Å². The summed E-state index contributed by atoms with van der Waals surface area (Å²) >= 11 is 0. The molecule has 0 saturated carbocycles. The van der Waals surface area contributed by atoms with E-state index in [0.717, 1.165) is 10.9 Å². The van der Waals surface area contributed by atoms with Crippen molar-refractivity contribution in [2.45, 2.75) is 6.92 Å². The fraction of sp³-hybridized carbons (Fsp3) is 0.111. The first kappa shape index (κ1) is 14.8. The molecule has 0 fully saturated rings. The second-order valence-corrected chi connectivity index (χ2v) is 5.24. The molecule has 23 heavy (non-hydrogen) atoms. The van der Waals surface area contributed by atoms with Crippen molar-refractivity contribution in [2.75, 3.05) is 5.32 Å². The van der Waals surface area contributed by atoms with Crippen molar-refractivity contribution in [1.82, 2.24) is 4.57 Å². The van der Waals surface area contributed by atoms with Crippen LogP contribution in [0.1, 0.15) is 17.4 Å². The molecule has 1 aromatic heterocycles. The van der Waals surface area contributed by atoms with Gasteiger partial charge in [-0.1, -0.05) is 18.2 Å². The molecule has 116 valence electrons. The van der Waals surface area contributed by atoms with Crippen LogP contribution < -0.4 is 10.1 Å². The van der Waals surface area contributed by atoms with Gasteiger partial charge in [0.15, 0.2) is 0 Å². The van der Waals surface area contributed by atoms with E-state index in [1.807, 2.05) is 41.9 Å². The van der Waals surface area contributed by atoms with Crippen molar-refractivity contribution in [2.24, 2.45) is 7.05 Å². The molecule has 0 unspecified atom stereocenters. The van der Waals surface area contributed by atoms with Crippen molar-refractivity contribution in [1.29, 1.82) is 0 Å². The Bertz CT molecular complexity index is 879. The van der Waals surface area contributed by atoms with Gasteiger partial charge in [0.05, 0.1) is 0 Å². The van der Waals surface area contributed by atoms with E-state index in [2.05, 4.69) is 5.32 Å². The number of aryl methyl sites for hydroxylation is 1. The van der Waals surface area contributed by atoms with Crippen LogP contribution in [0.3, 0.4) is 0 Å². The Morgan fingerprint density at radius 1 is 1.04 bits per heavy atom. The lowest BCUT2D eigenvalue weighted by Crippen LogP contribution is -2.12. The van der Waals surface area contributed by atoms with E-state index in [1.165, 1.54) is 6.92 Å². The molecule has 0 saturated heterocycles. The second kappa shape index (κ2) is 5.96. The zero-order valence-electron chi connectivity index (χ0n) is 12.9. The number of esters is 1. The molecule has 0 aliphatic heterocycles. The summed E-state index contributed by atoms with van der Waals surface area (Å²) in [5, 5.41) is 3.65. The molecule has 0 bridgehead atoms. The van der Waals surface area contributed by atoms with Crippen LogP contribution in [0.5, 0.6) is 5.75 Å². The van der Waals surface area contributed by atoms with Crippen LogP contribution in [0, 0.1) is 0 Å². The number of nitrogens with zero attached hydrogens (tertiary/aromatic N) is 1. The number of amides is 1. The van der Waals surface area contributed by atoms with Gasteiger partial charge in [-0.2, -0.15) is 0 Å². The van der Waals surface area contributed by atoms with Crippen LogP contribution >= 0.6 is 0 Å². The topological polar surface area (TPSA) is 60.3 Å². The van der Waals surface area contributed by atoms with E-state index in [9.17, 15) is 9.59 Å². The molecule has 3 rings (SSSR count). The predicted octanol–water partition coefficient (Wildman–Crippen LogP) is 3.36. The third-order valence-electron chi connectivity index (χ3n) is 3.55. The molecule has 1 amide bonds. The van der Waals surface area contributed by atoms with E-state index in [0.29, 0.717) is 17.1 Å². The maximum absolute atomic E-state index is 12.4. The Morgan fingerprint density at radius 3 is 2.39 bits per heavy atom. The first-order chi connectivity index (χ1) is 11.0. The monoisotopic (exact) mass is 308 g/mol. The molecule has 0 spiro atoms. The van der Waals surface area contributed by atoms with E-state index in [-0.39, 0.29) is 5.91 Å². The maximum Gasteiger partial charge on any atom is 0.360 e. The summed E-state index contributed by atoms with van der Waals surface area (Å²) in [6.07, 6.45) is 0. The third kappa shape index (κ3) is 3.08. The van der Waals surface area contributed by atoms with Crippen LogP contribution in [-0.4, -0.2) is 16.4 Å². The summed E-state index contributed by atoms with van der Waals surface area (Å²) in [6.45, 7) is 1.44. The lowest BCUT2D eigenvalue weighted by Gasteiger charge is -2.07. The highest BCUT2D eigenvalue weighted by Gasteiger charge is 2.15. The number of rotatable bonds is 3. The molecule has 0 aliphatic rings. The van der Waals surface area contributed by atoms with Crippen LogP contribution in [0.25, 0.3) is 10.9 Å². The number of anilines is 1. The zero-order valence-corrected chi connectivity index (χ0v) is 12.9. The Labute approximate surface area is 133 Å². The minimum Gasteiger partial charge on any atom is -0.422 e. The minimum absolute atomic E-state index is 0.148. The summed E-state index contributed by atoms with van der Waals surface area (Å²) < 4.78 is 7.21. The van der Waals surface area contributed by atoms with Crippen LogP contribution in [0.2, 0.25) is 0 Å². The Hall–Kier alpha value is -3.08. The Morgan fingerprint density at radius 2 is 1.74 bits per heavy atom. The highest BCUT2D eigenvalue weighted by Crippen LogP contribution is 2.21. The number of hydrogen-bond acceptors (Lipinski definition) is 3. The van der Waals surface area contributed by atoms with Crippen LogP contribution in [0.15, 0.2) is 54.6 Å². The molecule has 0 aliphatic carbocycles. The normalized spacial score (nSPS) is 10.5. The van der Waals surface area contributed by atoms with Gasteiger partial charge in [-0.3, -0.25) is 4.79 Å². The van der Waals surface area contributed by atoms with Gasteiger partial charge in [-0.25, -0.2) is 4.79 Å². The van der Waals surface area contributed by atoms with Gasteiger partial charge >= 0.3 is 5.97 Å². The van der Waals surface area contributed by atoms with Gasteiger partial charge in [-0.05, 0) is 36.4 Å². The molecule has 0 radical (unpaired) electrons. The molecule has 0 atom stereocenters.